The van der Waals surface area contributed by atoms with E-state index in [2.05, 4.69) is 20.6 Å². The summed E-state index contributed by atoms with van der Waals surface area (Å²) in [4.78, 5) is 8.77. The molecule has 1 rings (SSSR count). The molecule has 102 valence electrons. The Kier molecular flexibility index (Phi) is 7.52. The third-order valence-electron chi connectivity index (χ3n) is 2.34. The number of nitrogens with zero attached hydrogens (tertiary/aromatic N) is 2. The first-order chi connectivity index (χ1) is 8.80. The van der Waals surface area contributed by atoms with Crippen LogP contribution in [0, 0.1) is 0 Å². The Morgan fingerprint density at radius 1 is 1.28 bits per heavy atom. The molecule has 1 aromatic rings. The molecular weight excluding hydrogens is 248 g/mol. The zero-order valence-electron chi connectivity index (χ0n) is 11.1. The van der Waals surface area contributed by atoms with E-state index in [1.54, 1.807) is 0 Å². The Hall–Kier alpha value is -1.01. The normalized spacial score (nSPS) is 10.4. The minimum absolute atomic E-state index is 0.276. The van der Waals surface area contributed by atoms with Crippen LogP contribution in [0.1, 0.15) is 19.2 Å². The summed E-state index contributed by atoms with van der Waals surface area (Å²) >= 11 is 1.84. The van der Waals surface area contributed by atoms with Crippen LogP contribution in [-0.4, -0.2) is 46.8 Å². The zero-order chi connectivity index (χ0) is 13.2. The fourth-order valence-corrected chi connectivity index (χ4v) is 2.18. The van der Waals surface area contributed by atoms with E-state index in [9.17, 15) is 0 Å². The highest BCUT2D eigenvalue weighted by atomic mass is 32.2. The second-order valence-electron chi connectivity index (χ2n) is 3.77. The average Bonchev–Trinajstić information content (AvgIpc) is 2.42. The van der Waals surface area contributed by atoms with E-state index in [4.69, 9.17) is 5.11 Å². The Labute approximate surface area is 113 Å². The molecule has 0 aliphatic carbocycles. The van der Waals surface area contributed by atoms with Gasteiger partial charge in [0.2, 0.25) is 0 Å². The molecule has 3 N–H and O–H groups in total. The van der Waals surface area contributed by atoms with Gasteiger partial charge in [0.05, 0.1) is 0 Å². The van der Waals surface area contributed by atoms with E-state index in [1.807, 2.05) is 31.8 Å². The summed E-state index contributed by atoms with van der Waals surface area (Å²) in [5.74, 6) is 4.58. The van der Waals surface area contributed by atoms with Gasteiger partial charge in [0.25, 0.3) is 0 Å². The second kappa shape index (κ2) is 8.99. The van der Waals surface area contributed by atoms with Crippen molar-refractivity contribution in [1.29, 1.82) is 0 Å². The number of aliphatic hydroxyl groups excluding tert-OH is 1. The van der Waals surface area contributed by atoms with Gasteiger partial charge in [-0.3, -0.25) is 0 Å². The molecule has 0 unspecified atom stereocenters. The maximum atomic E-state index is 8.66. The number of nitrogens with one attached hydrogen (secondary N) is 2. The largest absolute Gasteiger partial charge is 0.396 e. The molecule has 0 aliphatic heterocycles. The number of aryl methyl sites for hydroxylation is 1. The monoisotopic (exact) mass is 270 g/mol. The minimum Gasteiger partial charge on any atom is -0.396 e. The second-order valence-corrected chi connectivity index (χ2v) is 5.00. The Morgan fingerprint density at radius 2 is 2.06 bits per heavy atom. The highest BCUT2D eigenvalue weighted by Gasteiger charge is 2.01. The lowest BCUT2D eigenvalue weighted by Gasteiger charge is -2.09. The molecule has 18 heavy (non-hydrogen) atoms. The fourth-order valence-electron chi connectivity index (χ4n) is 1.39. The van der Waals surface area contributed by atoms with Crippen molar-refractivity contribution in [3.63, 3.8) is 0 Å². The average molecular weight is 270 g/mol. The number of aromatic nitrogens is 2. The quantitative estimate of drug-likeness (QED) is 0.592. The molecule has 0 fully saturated rings. The van der Waals surface area contributed by atoms with Gasteiger partial charge in [-0.1, -0.05) is 6.92 Å². The van der Waals surface area contributed by atoms with Crippen molar-refractivity contribution in [3.8, 4) is 0 Å². The molecule has 0 amide bonds. The third-order valence-corrected chi connectivity index (χ3v) is 3.41. The Morgan fingerprint density at radius 3 is 2.72 bits per heavy atom. The summed E-state index contributed by atoms with van der Waals surface area (Å²) in [6.45, 7) is 3.19. The number of hydrogen-bond donors (Lipinski definition) is 3. The van der Waals surface area contributed by atoms with Crippen molar-refractivity contribution in [1.82, 2.24) is 9.97 Å². The Bertz CT molecular complexity index is 327. The van der Waals surface area contributed by atoms with Crippen molar-refractivity contribution >= 4 is 23.4 Å². The Balaban J connectivity index is 2.36. The van der Waals surface area contributed by atoms with Crippen LogP contribution in [0.2, 0.25) is 0 Å². The van der Waals surface area contributed by atoms with E-state index in [0.717, 1.165) is 48.4 Å². The van der Waals surface area contributed by atoms with Gasteiger partial charge in [0.15, 0.2) is 0 Å². The minimum atomic E-state index is 0.276. The van der Waals surface area contributed by atoms with Gasteiger partial charge in [-0.2, -0.15) is 11.8 Å². The smallest absolute Gasteiger partial charge is 0.132 e. The number of rotatable bonds is 9. The summed E-state index contributed by atoms with van der Waals surface area (Å²) in [5, 5.41) is 15.0. The van der Waals surface area contributed by atoms with Crippen LogP contribution in [0.4, 0.5) is 11.6 Å². The topological polar surface area (TPSA) is 70.1 Å². The molecule has 1 heterocycles. The molecule has 0 radical (unpaired) electrons. The van der Waals surface area contributed by atoms with E-state index in [0.29, 0.717) is 0 Å². The maximum absolute atomic E-state index is 8.66. The molecule has 0 saturated carbocycles. The number of anilines is 2. The van der Waals surface area contributed by atoms with E-state index in [-0.39, 0.29) is 6.61 Å². The number of thioether (sulfide) groups is 1. The van der Waals surface area contributed by atoms with Crippen LogP contribution in [0.25, 0.3) is 0 Å². The molecule has 6 heteroatoms. The van der Waals surface area contributed by atoms with Gasteiger partial charge in [0.1, 0.15) is 17.5 Å². The van der Waals surface area contributed by atoms with Gasteiger partial charge >= 0.3 is 0 Å². The van der Waals surface area contributed by atoms with E-state index >= 15 is 0 Å². The summed E-state index contributed by atoms with van der Waals surface area (Å²) in [6.07, 6.45) is 1.69. The molecule has 0 bridgehead atoms. The lowest BCUT2D eigenvalue weighted by atomic mass is 10.4. The molecule has 0 atom stereocenters. The standard InChI is InChI=1S/C12H22N4OS/c1-3-10-15-11(13-2)9-12(16-10)14-5-8-18-7-4-6-17/h9,17H,3-8H2,1-2H3,(H2,13,14,15,16). The highest BCUT2D eigenvalue weighted by molar-refractivity contribution is 7.99. The first-order valence-corrected chi connectivity index (χ1v) is 7.43. The van der Waals surface area contributed by atoms with E-state index < -0.39 is 0 Å². The lowest BCUT2D eigenvalue weighted by molar-refractivity contribution is 0.296. The number of hydrogen-bond acceptors (Lipinski definition) is 6. The fraction of sp³-hybridized carbons (Fsp3) is 0.667. The molecular formula is C12H22N4OS. The van der Waals surface area contributed by atoms with Crippen LogP contribution < -0.4 is 10.6 Å². The van der Waals surface area contributed by atoms with Crippen molar-refractivity contribution in [2.75, 3.05) is 42.3 Å². The van der Waals surface area contributed by atoms with Gasteiger partial charge in [0, 0.05) is 38.4 Å². The first kappa shape index (κ1) is 15.0. The van der Waals surface area contributed by atoms with Crippen LogP contribution >= 0.6 is 11.8 Å². The predicted octanol–water partition coefficient (Wildman–Crippen LogP) is 1.61. The molecule has 5 nitrogen and oxygen atoms in total. The SMILES string of the molecule is CCc1nc(NC)cc(NCCSCCCO)n1. The van der Waals surface area contributed by atoms with Gasteiger partial charge in [-0.15, -0.1) is 0 Å². The van der Waals surface area contributed by atoms with Crippen LogP contribution in [0.15, 0.2) is 6.07 Å². The summed E-state index contributed by atoms with van der Waals surface area (Å²) in [5.41, 5.74) is 0. The molecule has 0 saturated heterocycles. The van der Waals surface area contributed by atoms with E-state index in [1.165, 1.54) is 0 Å². The summed E-state index contributed by atoms with van der Waals surface area (Å²) in [6, 6.07) is 1.91. The van der Waals surface area contributed by atoms with Crippen LogP contribution in [-0.2, 0) is 6.42 Å². The lowest BCUT2D eigenvalue weighted by Crippen LogP contribution is -2.09. The molecule has 1 aromatic heterocycles. The van der Waals surface area contributed by atoms with Crippen molar-refractivity contribution in [2.24, 2.45) is 0 Å². The van der Waals surface area contributed by atoms with Crippen molar-refractivity contribution < 1.29 is 5.11 Å². The third kappa shape index (κ3) is 5.55. The molecule has 0 aliphatic rings. The van der Waals surface area contributed by atoms with Crippen molar-refractivity contribution in [2.45, 2.75) is 19.8 Å². The summed E-state index contributed by atoms with van der Waals surface area (Å²) < 4.78 is 0. The zero-order valence-corrected chi connectivity index (χ0v) is 11.9. The van der Waals surface area contributed by atoms with Crippen LogP contribution in [0.3, 0.4) is 0 Å². The first-order valence-electron chi connectivity index (χ1n) is 6.28. The van der Waals surface area contributed by atoms with Gasteiger partial charge < -0.3 is 15.7 Å². The molecule has 0 aromatic carbocycles. The molecule has 0 spiro atoms. The predicted molar refractivity (Wildman–Crippen MR) is 78.5 cm³/mol. The number of aliphatic hydroxyl groups is 1. The maximum Gasteiger partial charge on any atom is 0.132 e. The summed E-state index contributed by atoms with van der Waals surface area (Å²) in [7, 11) is 1.86. The van der Waals surface area contributed by atoms with Crippen LogP contribution in [0.5, 0.6) is 0 Å². The van der Waals surface area contributed by atoms with Crippen molar-refractivity contribution in [3.05, 3.63) is 11.9 Å². The highest BCUT2D eigenvalue weighted by Crippen LogP contribution is 2.11. The van der Waals surface area contributed by atoms with Gasteiger partial charge in [-0.05, 0) is 12.2 Å². The van der Waals surface area contributed by atoms with Gasteiger partial charge in [-0.25, -0.2) is 9.97 Å².